The third-order valence-electron chi connectivity index (χ3n) is 8.45. The maximum Gasteiger partial charge on any atom is 0.289 e. The molecule has 0 spiro atoms. The zero-order valence-electron chi connectivity index (χ0n) is 24.5. The Morgan fingerprint density at radius 2 is 1.66 bits per heavy atom. The lowest BCUT2D eigenvalue weighted by Gasteiger charge is -2.28. The van der Waals surface area contributed by atoms with Crippen LogP contribution in [-0.2, 0) is 25.6 Å². The molecule has 44 heavy (non-hydrogen) atoms. The molecule has 2 aliphatic rings. The Morgan fingerprint density at radius 1 is 0.886 bits per heavy atom. The highest BCUT2D eigenvalue weighted by molar-refractivity contribution is 6.38. The van der Waals surface area contributed by atoms with Gasteiger partial charge in [0.05, 0.1) is 6.04 Å². The molecule has 4 amide bonds. The van der Waals surface area contributed by atoms with Crippen LogP contribution in [0.25, 0.3) is 10.9 Å². The summed E-state index contributed by atoms with van der Waals surface area (Å²) in [5.74, 6) is -4.08. The summed E-state index contributed by atoms with van der Waals surface area (Å²) >= 11 is 0. The summed E-state index contributed by atoms with van der Waals surface area (Å²) in [6.07, 6.45) is 5.91. The van der Waals surface area contributed by atoms with E-state index < -0.39 is 47.3 Å². The van der Waals surface area contributed by atoms with E-state index in [1.54, 1.807) is 12.1 Å². The van der Waals surface area contributed by atoms with E-state index in [0.29, 0.717) is 23.9 Å². The molecule has 1 aliphatic heterocycles. The summed E-state index contributed by atoms with van der Waals surface area (Å²) in [5.41, 5.74) is 1.32. The summed E-state index contributed by atoms with van der Waals surface area (Å²) in [7, 11) is 0. The SMILES string of the molecule is O=C(NC1CCCCC1)C(=O)[C@H](C[C@@H]1CCCNC1=O)NC(=O)[C@H](Cc1ccccc1)NC(=O)c1cc2ccc(F)cc2[nH]1. The van der Waals surface area contributed by atoms with Crippen molar-refractivity contribution >= 4 is 40.3 Å². The molecule has 5 N–H and O–H groups in total. The van der Waals surface area contributed by atoms with Gasteiger partial charge in [-0.3, -0.25) is 24.0 Å². The number of aromatic amines is 1. The molecule has 3 aromatic rings. The van der Waals surface area contributed by atoms with Gasteiger partial charge >= 0.3 is 0 Å². The number of piperidine rings is 1. The molecule has 2 fully saturated rings. The molecule has 11 heteroatoms. The van der Waals surface area contributed by atoms with Crippen molar-refractivity contribution in [2.75, 3.05) is 6.54 Å². The number of H-pyrrole nitrogens is 1. The number of carbonyl (C=O) groups is 5. The predicted molar refractivity (Wildman–Crippen MR) is 162 cm³/mol. The summed E-state index contributed by atoms with van der Waals surface area (Å²) in [5, 5.41) is 11.7. The highest BCUT2D eigenvalue weighted by Gasteiger charge is 2.35. The van der Waals surface area contributed by atoms with Crippen LogP contribution in [0.15, 0.2) is 54.6 Å². The van der Waals surface area contributed by atoms with Gasteiger partial charge in [0.2, 0.25) is 17.6 Å². The largest absolute Gasteiger partial charge is 0.356 e. The first-order chi connectivity index (χ1) is 21.3. The Labute approximate surface area is 254 Å². The van der Waals surface area contributed by atoms with Crippen molar-refractivity contribution < 1.29 is 28.4 Å². The molecule has 1 aliphatic carbocycles. The van der Waals surface area contributed by atoms with E-state index in [4.69, 9.17) is 0 Å². The number of nitrogens with one attached hydrogen (secondary N) is 5. The lowest BCUT2D eigenvalue weighted by molar-refractivity contribution is -0.141. The van der Waals surface area contributed by atoms with Gasteiger partial charge in [-0.25, -0.2) is 4.39 Å². The van der Waals surface area contributed by atoms with Gasteiger partial charge in [0.15, 0.2) is 0 Å². The van der Waals surface area contributed by atoms with Crippen LogP contribution in [0, 0.1) is 11.7 Å². The van der Waals surface area contributed by atoms with E-state index in [-0.39, 0.29) is 30.5 Å². The first-order valence-corrected chi connectivity index (χ1v) is 15.3. The highest BCUT2D eigenvalue weighted by atomic mass is 19.1. The number of amides is 4. The monoisotopic (exact) mass is 603 g/mol. The Morgan fingerprint density at radius 3 is 2.41 bits per heavy atom. The third-order valence-corrected chi connectivity index (χ3v) is 8.45. The molecule has 0 bridgehead atoms. The molecule has 3 atom stereocenters. The minimum Gasteiger partial charge on any atom is -0.356 e. The van der Waals surface area contributed by atoms with Gasteiger partial charge < -0.3 is 26.3 Å². The summed E-state index contributed by atoms with van der Waals surface area (Å²) in [4.78, 5) is 69.2. The van der Waals surface area contributed by atoms with E-state index in [0.717, 1.165) is 44.1 Å². The molecule has 0 radical (unpaired) electrons. The van der Waals surface area contributed by atoms with Gasteiger partial charge in [-0.1, -0.05) is 49.6 Å². The van der Waals surface area contributed by atoms with Crippen molar-refractivity contribution in [1.29, 1.82) is 0 Å². The fourth-order valence-corrected chi connectivity index (χ4v) is 6.03. The lowest BCUT2D eigenvalue weighted by atomic mass is 9.89. The van der Waals surface area contributed by atoms with E-state index in [9.17, 15) is 28.4 Å². The quantitative estimate of drug-likeness (QED) is 0.214. The molecular weight excluding hydrogens is 565 g/mol. The third kappa shape index (κ3) is 7.89. The maximum atomic E-state index is 13.8. The second-order valence-electron chi connectivity index (χ2n) is 11.7. The number of halogens is 1. The standard InChI is InChI=1S/C33H38FN5O5/c34-23-14-13-21-17-28(37-25(21)19-23)32(43)39-27(16-20-8-3-1-4-9-20)31(42)38-26(18-22-10-7-15-35-30(22)41)29(40)33(44)36-24-11-5-2-6-12-24/h1,3-4,8-9,13-14,17,19,22,24,26-27,37H,2,5-7,10-12,15-16,18H2,(H,35,41)(H,36,44)(H,38,42)(H,39,43)/t22-,26-,27-/m0/s1. The number of hydrogen-bond acceptors (Lipinski definition) is 5. The number of fused-ring (bicyclic) bond motifs is 1. The molecule has 1 aromatic heterocycles. The summed E-state index contributed by atoms with van der Waals surface area (Å²) in [6, 6.07) is 12.2. The number of benzene rings is 2. The average Bonchev–Trinajstić information content (AvgIpc) is 3.45. The van der Waals surface area contributed by atoms with Gasteiger partial charge in [0, 0.05) is 35.8 Å². The van der Waals surface area contributed by atoms with Crippen LogP contribution in [0.1, 0.15) is 67.4 Å². The lowest BCUT2D eigenvalue weighted by Crippen LogP contribution is -2.56. The fourth-order valence-electron chi connectivity index (χ4n) is 6.03. The Balaban J connectivity index is 1.36. The highest BCUT2D eigenvalue weighted by Crippen LogP contribution is 2.21. The van der Waals surface area contributed by atoms with Crippen molar-refractivity contribution in [2.24, 2.45) is 5.92 Å². The Hall–Kier alpha value is -4.54. The van der Waals surface area contributed by atoms with Gasteiger partial charge in [0.1, 0.15) is 17.6 Å². The number of aromatic nitrogens is 1. The fraction of sp³-hybridized carbons (Fsp3) is 0.424. The molecule has 0 unspecified atom stereocenters. The molecule has 1 saturated heterocycles. The minimum absolute atomic E-state index is 0.0337. The number of carbonyl (C=O) groups excluding carboxylic acids is 5. The van der Waals surface area contributed by atoms with Crippen LogP contribution in [0.2, 0.25) is 0 Å². The summed E-state index contributed by atoms with van der Waals surface area (Å²) < 4.78 is 13.7. The normalized spacial score (nSPS) is 18.6. The van der Waals surface area contributed by atoms with E-state index in [2.05, 4.69) is 26.3 Å². The molecule has 2 aromatic carbocycles. The van der Waals surface area contributed by atoms with Crippen LogP contribution in [0.4, 0.5) is 4.39 Å². The van der Waals surface area contributed by atoms with Crippen molar-refractivity contribution in [3.05, 3.63) is 71.7 Å². The molecular formula is C33H38FN5O5. The van der Waals surface area contributed by atoms with Crippen molar-refractivity contribution in [1.82, 2.24) is 26.3 Å². The zero-order chi connectivity index (χ0) is 31.1. The number of Topliss-reactive ketones (excluding diaryl/α,β-unsaturated/α-hetero) is 1. The zero-order valence-corrected chi connectivity index (χ0v) is 24.5. The van der Waals surface area contributed by atoms with E-state index in [1.165, 1.54) is 12.1 Å². The van der Waals surface area contributed by atoms with Crippen LogP contribution in [0.5, 0.6) is 0 Å². The average molecular weight is 604 g/mol. The first kappa shape index (κ1) is 30.9. The van der Waals surface area contributed by atoms with Crippen LogP contribution in [-0.4, -0.2) is 59.1 Å². The van der Waals surface area contributed by atoms with Gasteiger partial charge in [-0.2, -0.15) is 0 Å². The van der Waals surface area contributed by atoms with Crippen LogP contribution >= 0.6 is 0 Å². The smallest absolute Gasteiger partial charge is 0.289 e. The molecule has 232 valence electrons. The number of ketones is 1. The number of hydrogen-bond donors (Lipinski definition) is 5. The van der Waals surface area contributed by atoms with E-state index >= 15 is 0 Å². The molecule has 10 nitrogen and oxygen atoms in total. The number of rotatable bonds is 11. The Kier molecular flexibility index (Phi) is 10.0. The van der Waals surface area contributed by atoms with E-state index in [1.807, 2.05) is 30.3 Å². The molecule has 5 rings (SSSR count). The topological polar surface area (TPSA) is 149 Å². The van der Waals surface area contributed by atoms with Gasteiger partial charge in [0.25, 0.3) is 11.8 Å². The van der Waals surface area contributed by atoms with Gasteiger partial charge in [-0.05, 0) is 61.9 Å². The van der Waals surface area contributed by atoms with Crippen molar-refractivity contribution in [3.63, 3.8) is 0 Å². The second-order valence-corrected chi connectivity index (χ2v) is 11.7. The molecule has 1 saturated carbocycles. The van der Waals surface area contributed by atoms with Gasteiger partial charge in [-0.15, -0.1) is 0 Å². The summed E-state index contributed by atoms with van der Waals surface area (Å²) in [6.45, 7) is 0.536. The maximum absolute atomic E-state index is 13.8. The first-order valence-electron chi connectivity index (χ1n) is 15.3. The Bertz CT molecular complexity index is 1520. The minimum atomic E-state index is -1.26. The van der Waals surface area contributed by atoms with Crippen molar-refractivity contribution in [2.45, 2.75) is 75.9 Å². The predicted octanol–water partition coefficient (Wildman–Crippen LogP) is 3.07. The second kappa shape index (κ2) is 14.3. The van der Waals surface area contributed by atoms with Crippen LogP contribution in [0.3, 0.4) is 0 Å². The van der Waals surface area contributed by atoms with Crippen molar-refractivity contribution in [3.8, 4) is 0 Å². The molecule has 2 heterocycles. The van der Waals surface area contributed by atoms with Crippen LogP contribution < -0.4 is 21.3 Å².